The quantitative estimate of drug-likeness (QED) is 0.508. The lowest BCUT2D eigenvalue weighted by Crippen LogP contribution is -2.20. The number of carbonyl (C=O) groups is 1. The lowest BCUT2D eigenvalue weighted by molar-refractivity contribution is -0.140. The van der Waals surface area contributed by atoms with E-state index in [0.717, 1.165) is 0 Å². The van der Waals surface area contributed by atoms with Crippen LogP contribution in [0.4, 0.5) is 11.4 Å². The Bertz CT molecular complexity index is 542. The van der Waals surface area contributed by atoms with Gasteiger partial charge in [0.05, 0.1) is 12.3 Å². The maximum absolute atomic E-state index is 11.3. The molecule has 8 heteroatoms. The summed E-state index contributed by atoms with van der Waals surface area (Å²) < 4.78 is 27.4. The third-order valence-corrected chi connectivity index (χ3v) is 2.99. The zero-order chi connectivity index (χ0) is 13.8. The van der Waals surface area contributed by atoms with Gasteiger partial charge in [-0.05, 0) is 25.1 Å². The number of hydrogen-bond acceptors (Lipinski definition) is 6. The SMILES string of the molecule is CCOC(=O)CNc1ccc(N)cc1S(N)(=O)=O. The van der Waals surface area contributed by atoms with Crippen LogP contribution in [0, 0.1) is 0 Å². The standard InChI is InChI=1S/C10H15N3O4S/c1-2-17-10(14)6-13-8-4-3-7(11)5-9(8)18(12,15)16/h3-5,13H,2,6,11H2,1H3,(H2,12,15,16). The van der Waals surface area contributed by atoms with Gasteiger partial charge in [-0.25, -0.2) is 13.6 Å². The summed E-state index contributed by atoms with van der Waals surface area (Å²) in [6.07, 6.45) is 0. The molecular weight excluding hydrogens is 258 g/mol. The van der Waals surface area contributed by atoms with Crippen molar-refractivity contribution in [2.75, 3.05) is 24.2 Å². The fourth-order valence-corrected chi connectivity index (χ4v) is 2.05. The molecule has 0 saturated heterocycles. The molecule has 18 heavy (non-hydrogen) atoms. The van der Waals surface area contributed by atoms with Gasteiger partial charge in [0.15, 0.2) is 0 Å². The van der Waals surface area contributed by atoms with Crippen LogP contribution >= 0.6 is 0 Å². The minimum atomic E-state index is -3.91. The Morgan fingerprint density at radius 2 is 2.11 bits per heavy atom. The molecule has 0 spiro atoms. The van der Waals surface area contributed by atoms with Gasteiger partial charge in [0, 0.05) is 5.69 Å². The fraction of sp³-hybridized carbons (Fsp3) is 0.300. The molecule has 0 saturated carbocycles. The van der Waals surface area contributed by atoms with Crippen LogP contribution in [0.3, 0.4) is 0 Å². The highest BCUT2D eigenvalue weighted by molar-refractivity contribution is 7.89. The molecule has 0 amide bonds. The van der Waals surface area contributed by atoms with Gasteiger partial charge in [-0.3, -0.25) is 4.79 Å². The van der Waals surface area contributed by atoms with E-state index >= 15 is 0 Å². The zero-order valence-electron chi connectivity index (χ0n) is 9.84. The summed E-state index contributed by atoms with van der Waals surface area (Å²) in [5.74, 6) is -0.491. The van der Waals surface area contributed by atoms with E-state index in [1.54, 1.807) is 6.92 Å². The van der Waals surface area contributed by atoms with Gasteiger partial charge < -0.3 is 15.8 Å². The number of esters is 1. The first-order valence-electron chi connectivity index (χ1n) is 5.16. The number of ether oxygens (including phenoxy) is 1. The van der Waals surface area contributed by atoms with E-state index < -0.39 is 16.0 Å². The van der Waals surface area contributed by atoms with Crippen molar-refractivity contribution in [3.63, 3.8) is 0 Å². The molecule has 0 radical (unpaired) electrons. The fourth-order valence-electron chi connectivity index (χ4n) is 1.30. The molecule has 0 fully saturated rings. The topological polar surface area (TPSA) is 125 Å². The van der Waals surface area contributed by atoms with E-state index in [9.17, 15) is 13.2 Å². The summed E-state index contributed by atoms with van der Waals surface area (Å²) in [6, 6.07) is 4.17. The predicted molar refractivity (Wildman–Crippen MR) is 67.4 cm³/mol. The Morgan fingerprint density at radius 3 is 2.67 bits per heavy atom. The minimum absolute atomic E-state index is 0.153. The Hall–Kier alpha value is -1.80. The number of benzene rings is 1. The van der Waals surface area contributed by atoms with E-state index in [1.165, 1.54) is 18.2 Å². The maximum atomic E-state index is 11.3. The van der Waals surface area contributed by atoms with Crippen molar-refractivity contribution >= 4 is 27.4 Å². The molecular formula is C10H15N3O4S. The van der Waals surface area contributed by atoms with E-state index in [0.29, 0.717) is 0 Å². The summed E-state index contributed by atoms with van der Waals surface area (Å²) >= 11 is 0. The first-order chi connectivity index (χ1) is 8.34. The van der Waals surface area contributed by atoms with Gasteiger partial charge in [-0.15, -0.1) is 0 Å². The third-order valence-electron chi connectivity index (χ3n) is 2.04. The molecule has 5 N–H and O–H groups in total. The van der Waals surface area contributed by atoms with E-state index in [-0.39, 0.29) is 29.4 Å². The van der Waals surface area contributed by atoms with Crippen molar-refractivity contribution in [3.8, 4) is 0 Å². The normalized spacial score (nSPS) is 11.0. The van der Waals surface area contributed by atoms with Crippen molar-refractivity contribution in [1.29, 1.82) is 0 Å². The number of primary sulfonamides is 1. The van der Waals surface area contributed by atoms with Crippen LogP contribution in [-0.2, 0) is 19.6 Å². The Balaban J connectivity index is 2.93. The molecule has 7 nitrogen and oxygen atoms in total. The number of rotatable bonds is 5. The van der Waals surface area contributed by atoms with Crippen LogP contribution in [-0.4, -0.2) is 27.5 Å². The van der Waals surface area contributed by atoms with Crippen LogP contribution in [0.5, 0.6) is 0 Å². The van der Waals surface area contributed by atoms with Gasteiger partial charge in [0.2, 0.25) is 10.0 Å². The summed E-state index contributed by atoms with van der Waals surface area (Å²) in [5.41, 5.74) is 5.96. The average Bonchev–Trinajstić information content (AvgIpc) is 2.26. The molecule has 100 valence electrons. The van der Waals surface area contributed by atoms with E-state index in [4.69, 9.17) is 15.6 Å². The number of carbonyl (C=O) groups excluding carboxylic acids is 1. The molecule has 0 aromatic heterocycles. The lowest BCUT2D eigenvalue weighted by Gasteiger charge is -2.10. The second kappa shape index (κ2) is 5.69. The summed E-state index contributed by atoms with van der Waals surface area (Å²) in [7, 11) is -3.91. The molecule has 0 aliphatic rings. The highest BCUT2D eigenvalue weighted by atomic mass is 32.2. The predicted octanol–water partition coefficient (Wildman–Crippen LogP) is -0.109. The van der Waals surface area contributed by atoms with Gasteiger partial charge in [-0.1, -0.05) is 0 Å². The number of hydrogen-bond donors (Lipinski definition) is 3. The van der Waals surface area contributed by atoms with Gasteiger partial charge in [0.25, 0.3) is 0 Å². The monoisotopic (exact) mass is 273 g/mol. The van der Waals surface area contributed by atoms with Crippen LogP contribution < -0.4 is 16.2 Å². The molecule has 0 unspecified atom stereocenters. The van der Waals surface area contributed by atoms with Gasteiger partial charge >= 0.3 is 5.97 Å². The Labute approximate surface area is 105 Å². The molecule has 1 aromatic carbocycles. The van der Waals surface area contributed by atoms with Crippen molar-refractivity contribution < 1.29 is 17.9 Å². The summed E-state index contributed by atoms with van der Waals surface area (Å²) in [5, 5.41) is 7.69. The molecule has 0 bridgehead atoms. The smallest absolute Gasteiger partial charge is 0.325 e. The van der Waals surface area contributed by atoms with Crippen LogP contribution in [0.25, 0.3) is 0 Å². The number of anilines is 2. The van der Waals surface area contributed by atoms with Crippen molar-refractivity contribution in [3.05, 3.63) is 18.2 Å². The molecule has 0 aliphatic heterocycles. The Kier molecular flexibility index (Phi) is 4.51. The largest absolute Gasteiger partial charge is 0.465 e. The first-order valence-corrected chi connectivity index (χ1v) is 6.71. The second-order valence-corrected chi connectivity index (χ2v) is 4.99. The molecule has 0 heterocycles. The molecule has 1 aromatic rings. The first kappa shape index (κ1) is 14.3. The van der Waals surface area contributed by atoms with Gasteiger partial charge in [0.1, 0.15) is 11.4 Å². The zero-order valence-corrected chi connectivity index (χ0v) is 10.7. The highest BCUT2D eigenvalue weighted by Crippen LogP contribution is 2.22. The van der Waals surface area contributed by atoms with Crippen molar-refractivity contribution in [2.24, 2.45) is 5.14 Å². The highest BCUT2D eigenvalue weighted by Gasteiger charge is 2.15. The number of nitrogen functional groups attached to an aromatic ring is 1. The molecule has 1 rings (SSSR count). The number of nitrogens with one attached hydrogen (secondary N) is 1. The summed E-state index contributed by atoms with van der Waals surface area (Å²) in [6.45, 7) is 1.78. The van der Waals surface area contributed by atoms with Crippen LogP contribution in [0.2, 0.25) is 0 Å². The third kappa shape index (κ3) is 3.90. The lowest BCUT2D eigenvalue weighted by atomic mass is 10.3. The number of sulfonamides is 1. The van der Waals surface area contributed by atoms with Crippen LogP contribution in [0.1, 0.15) is 6.92 Å². The van der Waals surface area contributed by atoms with Crippen molar-refractivity contribution in [2.45, 2.75) is 11.8 Å². The number of nitrogens with two attached hydrogens (primary N) is 2. The Morgan fingerprint density at radius 1 is 1.44 bits per heavy atom. The summed E-state index contributed by atoms with van der Waals surface area (Å²) in [4.78, 5) is 11.0. The van der Waals surface area contributed by atoms with E-state index in [1.807, 2.05) is 0 Å². The van der Waals surface area contributed by atoms with Gasteiger partial charge in [-0.2, -0.15) is 0 Å². The molecule has 0 atom stereocenters. The van der Waals surface area contributed by atoms with Crippen LogP contribution in [0.15, 0.2) is 23.1 Å². The average molecular weight is 273 g/mol. The minimum Gasteiger partial charge on any atom is -0.465 e. The molecule has 0 aliphatic carbocycles. The van der Waals surface area contributed by atoms with E-state index in [2.05, 4.69) is 5.32 Å². The second-order valence-electron chi connectivity index (χ2n) is 3.46. The van der Waals surface area contributed by atoms with Crippen molar-refractivity contribution in [1.82, 2.24) is 0 Å². The maximum Gasteiger partial charge on any atom is 0.325 e.